The summed E-state index contributed by atoms with van der Waals surface area (Å²) in [5.41, 5.74) is 0. The van der Waals surface area contributed by atoms with E-state index in [1.54, 1.807) is 6.20 Å². The molecule has 1 unspecified atom stereocenters. The van der Waals surface area contributed by atoms with Crippen molar-refractivity contribution < 1.29 is 9.53 Å². The first-order chi connectivity index (χ1) is 10.3. The molecule has 2 fully saturated rings. The lowest BCUT2D eigenvalue weighted by molar-refractivity contribution is -0.126. The Hall–Kier alpha value is -1.69. The van der Waals surface area contributed by atoms with Gasteiger partial charge < -0.3 is 15.0 Å². The Morgan fingerprint density at radius 1 is 1.33 bits per heavy atom. The summed E-state index contributed by atoms with van der Waals surface area (Å²) in [6, 6.07) is 4.11. The fourth-order valence-corrected chi connectivity index (χ4v) is 3.02. The zero-order valence-corrected chi connectivity index (χ0v) is 12.2. The highest BCUT2D eigenvalue weighted by atomic mass is 16.5. The quantitative estimate of drug-likeness (QED) is 0.899. The third kappa shape index (κ3) is 3.69. The molecule has 3 rings (SSSR count). The van der Waals surface area contributed by atoms with Crippen LogP contribution in [0.1, 0.15) is 25.7 Å². The maximum Gasteiger partial charge on any atom is 0.225 e. The molecule has 1 amide bonds. The molecule has 2 saturated heterocycles. The first-order valence-corrected chi connectivity index (χ1v) is 7.74. The highest BCUT2D eigenvalue weighted by Crippen LogP contribution is 2.21. The molecule has 0 aliphatic carbocycles. The summed E-state index contributed by atoms with van der Waals surface area (Å²) in [6.07, 6.45) is 5.48. The van der Waals surface area contributed by atoms with E-state index < -0.39 is 0 Å². The average Bonchev–Trinajstić information content (AvgIpc) is 2.57. The van der Waals surface area contributed by atoms with E-state index in [1.807, 2.05) is 12.1 Å². The third-order valence-corrected chi connectivity index (χ3v) is 4.24. The predicted octanol–water partition coefficient (Wildman–Crippen LogP) is 0.988. The SMILES string of the molecule is O=C(NC1CCOCC1)C1CCCN(c2cccnn2)C1. The van der Waals surface area contributed by atoms with Crippen molar-refractivity contribution in [2.24, 2.45) is 5.92 Å². The van der Waals surface area contributed by atoms with E-state index in [-0.39, 0.29) is 17.9 Å². The van der Waals surface area contributed by atoms with Gasteiger partial charge in [0.2, 0.25) is 5.91 Å². The number of carbonyl (C=O) groups excluding carboxylic acids is 1. The van der Waals surface area contributed by atoms with Crippen LogP contribution in [0, 0.1) is 5.92 Å². The molecule has 1 atom stereocenters. The minimum absolute atomic E-state index is 0.0450. The van der Waals surface area contributed by atoms with E-state index in [4.69, 9.17) is 4.74 Å². The number of amides is 1. The van der Waals surface area contributed by atoms with Gasteiger partial charge >= 0.3 is 0 Å². The Morgan fingerprint density at radius 2 is 2.19 bits per heavy atom. The topological polar surface area (TPSA) is 67.3 Å². The van der Waals surface area contributed by atoms with Crippen LogP contribution in [0.5, 0.6) is 0 Å². The molecule has 0 bridgehead atoms. The van der Waals surface area contributed by atoms with E-state index in [0.717, 1.165) is 57.8 Å². The normalized spacial score (nSPS) is 23.8. The summed E-state index contributed by atoms with van der Waals surface area (Å²) in [5, 5.41) is 11.2. The van der Waals surface area contributed by atoms with Crippen LogP contribution in [0.25, 0.3) is 0 Å². The summed E-state index contributed by atoms with van der Waals surface area (Å²) < 4.78 is 5.33. The van der Waals surface area contributed by atoms with Crippen molar-refractivity contribution in [3.63, 3.8) is 0 Å². The summed E-state index contributed by atoms with van der Waals surface area (Å²) in [6.45, 7) is 3.18. The zero-order valence-electron chi connectivity index (χ0n) is 12.2. The van der Waals surface area contributed by atoms with Gasteiger partial charge in [-0.2, -0.15) is 5.10 Å². The minimum atomic E-state index is 0.0450. The van der Waals surface area contributed by atoms with Crippen LogP contribution >= 0.6 is 0 Å². The number of aromatic nitrogens is 2. The van der Waals surface area contributed by atoms with Gasteiger partial charge in [0.15, 0.2) is 5.82 Å². The van der Waals surface area contributed by atoms with Gasteiger partial charge in [-0.3, -0.25) is 4.79 Å². The Labute approximate surface area is 124 Å². The molecule has 3 heterocycles. The minimum Gasteiger partial charge on any atom is -0.381 e. The van der Waals surface area contributed by atoms with Crippen molar-refractivity contribution in [2.75, 3.05) is 31.2 Å². The summed E-state index contributed by atoms with van der Waals surface area (Å²) >= 11 is 0. The number of ether oxygens (including phenoxy) is 1. The third-order valence-electron chi connectivity index (χ3n) is 4.24. The summed E-state index contributed by atoms with van der Waals surface area (Å²) in [5.74, 6) is 1.08. The van der Waals surface area contributed by atoms with Gasteiger partial charge in [0.25, 0.3) is 0 Å². The van der Waals surface area contributed by atoms with Gasteiger partial charge in [-0.25, -0.2) is 0 Å². The van der Waals surface area contributed by atoms with E-state index in [9.17, 15) is 4.79 Å². The molecule has 0 aromatic carbocycles. The molecule has 2 aliphatic heterocycles. The highest BCUT2D eigenvalue weighted by molar-refractivity contribution is 5.79. The average molecular weight is 290 g/mol. The molecule has 1 aromatic rings. The van der Waals surface area contributed by atoms with Crippen LogP contribution in [0.3, 0.4) is 0 Å². The van der Waals surface area contributed by atoms with Crippen molar-refractivity contribution in [3.8, 4) is 0 Å². The second-order valence-corrected chi connectivity index (χ2v) is 5.76. The van der Waals surface area contributed by atoms with Gasteiger partial charge in [-0.05, 0) is 37.8 Å². The van der Waals surface area contributed by atoms with E-state index >= 15 is 0 Å². The van der Waals surface area contributed by atoms with E-state index in [1.165, 1.54) is 0 Å². The van der Waals surface area contributed by atoms with Crippen LogP contribution in [-0.2, 0) is 9.53 Å². The number of hydrogen-bond donors (Lipinski definition) is 1. The molecule has 1 N–H and O–H groups in total. The molecule has 6 heteroatoms. The molecule has 2 aliphatic rings. The molecule has 1 aromatic heterocycles. The highest BCUT2D eigenvalue weighted by Gasteiger charge is 2.28. The number of nitrogens with zero attached hydrogens (tertiary/aromatic N) is 3. The maximum absolute atomic E-state index is 12.4. The van der Waals surface area contributed by atoms with Gasteiger partial charge in [0, 0.05) is 38.5 Å². The Kier molecular flexibility index (Phi) is 4.65. The molecule has 0 saturated carbocycles. The van der Waals surface area contributed by atoms with Gasteiger partial charge in [0.05, 0.1) is 5.92 Å². The van der Waals surface area contributed by atoms with Crippen LogP contribution in [0.4, 0.5) is 5.82 Å². The lowest BCUT2D eigenvalue weighted by Crippen LogP contribution is -2.47. The number of hydrogen-bond acceptors (Lipinski definition) is 5. The van der Waals surface area contributed by atoms with Crippen LogP contribution in [-0.4, -0.2) is 48.4 Å². The largest absolute Gasteiger partial charge is 0.381 e. The fourth-order valence-electron chi connectivity index (χ4n) is 3.02. The first kappa shape index (κ1) is 14.3. The Balaban J connectivity index is 1.56. The summed E-state index contributed by atoms with van der Waals surface area (Å²) in [4.78, 5) is 14.6. The molecule has 0 radical (unpaired) electrons. The lowest BCUT2D eigenvalue weighted by atomic mass is 9.96. The second kappa shape index (κ2) is 6.85. The molecule has 0 spiro atoms. The Bertz CT molecular complexity index is 462. The maximum atomic E-state index is 12.4. The summed E-state index contributed by atoms with van der Waals surface area (Å²) in [7, 11) is 0. The Morgan fingerprint density at radius 3 is 2.95 bits per heavy atom. The molecular formula is C15H22N4O2. The second-order valence-electron chi connectivity index (χ2n) is 5.76. The predicted molar refractivity (Wildman–Crippen MR) is 79.0 cm³/mol. The van der Waals surface area contributed by atoms with Gasteiger partial charge in [-0.15, -0.1) is 5.10 Å². The first-order valence-electron chi connectivity index (χ1n) is 7.74. The lowest BCUT2D eigenvalue weighted by Gasteiger charge is -2.33. The molecular weight excluding hydrogens is 268 g/mol. The van der Waals surface area contributed by atoms with E-state index in [0.29, 0.717) is 0 Å². The monoisotopic (exact) mass is 290 g/mol. The van der Waals surface area contributed by atoms with Crippen LogP contribution < -0.4 is 10.2 Å². The van der Waals surface area contributed by atoms with Crippen molar-refractivity contribution >= 4 is 11.7 Å². The van der Waals surface area contributed by atoms with Crippen molar-refractivity contribution in [3.05, 3.63) is 18.3 Å². The fraction of sp³-hybridized carbons (Fsp3) is 0.667. The number of anilines is 1. The smallest absolute Gasteiger partial charge is 0.225 e. The van der Waals surface area contributed by atoms with Crippen molar-refractivity contribution in [1.82, 2.24) is 15.5 Å². The zero-order chi connectivity index (χ0) is 14.5. The number of piperidine rings is 1. The van der Waals surface area contributed by atoms with Gasteiger partial charge in [-0.1, -0.05) is 0 Å². The number of carbonyl (C=O) groups is 1. The van der Waals surface area contributed by atoms with Crippen molar-refractivity contribution in [1.29, 1.82) is 0 Å². The number of nitrogens with one attached hydrogen (secondary N) is 1. The van der Waals surface area contributed by atoms with Crippen molar-refractivity contribution in [2.45, 2.75) is 31.7 Å². The van der Waals surface area contributed by atoms with Crippen LogP contribution in [0.2, 0.25) is 0 Å². The molecule has 114 valence electrons. The molecule has 21 heavy (non-hydrogen) atoms. The molecule has 6 nitrogen and oxygen atoms in total. The standard InChI is InChI=1S/C15H22N4O2/c20-15(17-13-5-9-21-10-6-13)12-3-2-8-19(11-12)14-4-1-7-16-18-14/h1,4,7,12-13H,2-3,5-6,8-11H2,(H,17,20). The number of rotatable bonds is 3. The van der Waals surface area contributed by atoms with Gasteiger partial charge in [0.1, 0.15) is 0 Å². The van der Waals surface area contributed by atoms with Crippen LogP contribution in [0.15, 0.2) is 18.3 Å². The van der Waals surface area contributed by atoms with E-state index in [2.05, 4.69) is 20.4 Å².